The Morgan fingerprint density at radius 1 is 1.00 bits per heavy atom. The molecule has 0 amide bonds. The maximum atomic E-state index is 13.3. The van der Waals surface area contributed by atoms with E-state index in [1.165, 1.54) is 21.1 Å². The van der Waals surface area contributed by atoms with Crippen LogP contribution in [0.1, 0.15) is 6.92 Å². The molecule has 0 aliphatic rings. The first-order valence-electron chi connectivity index (χ1n) is 5.07. The zero-order chi connectivity index (χ0) is 13.9. The molecule has 0 aliphatic carbocycles. The zero-order valence-corrected chi connectivity index (χ0v) is 10.1. The number of hydrogen-bond donors (Lipinski definition) is 1. The third kappa shape index (κ3) is 2.91. The van der Waals surface area contributed by atoms with Crippen LogP contribution >= 0.6 is 0 Å². The van der Waals surface area contributed by atoms with Gasteiger partial charge in [0.05, 0.1) is 6.04 Å². The van der Waals surface area contributed by atoms with Crippen molar-refractivity contribution < 1.29 is 27.0 Å². The molecule has 0 fully saturated rings. The van der Waals surface area contributed by atoms with E-state index in [1.807, 2.05) is 0 Å². The molecule has 0 aromatic heterocycles. The lowest BCUT2D eigenvalue weighted by molar-refractivity contribution is -0.109. The predicted octanol–water partition coefficient (Wildman–Crippen LogP) is 2.66. The van der Waals surface area contributed by atoms with Crippen molar-refractivity contribution in [3.63, 3.8) is 0 Å². The smallest absolute Gasteiger partial charge is 0.185 e. The molecule has 1 aromatic carbocycles. The standard InChI is InChI=1S/C11H13F4NO2/c1-5(11(17-2)18-3)16-10-8(14)6(12)4-7(13)9(10)15/h4-5,11,16H,1-3H3. The van der Waals surface area contributed by atoms with Crippen molar-refractivity contribution in [3.8, 4) is 0 Å². The van der Waals surface area contributed by atoms with Crippen LogP contribution in [0, 0.1) is 23.3 Å². The van der Waals surface area contributed by atoms with Crippen molar-refractivity contribution in [2.24, 2.45) is 0 Å². The number of hydrogen-bond acceptors (Lipinski definition) is 3. The molecule has 1 rings (SSSR count). The fourth-order valence-corrected chi connectivity index (χ4v) is 1.50. The lowest BCUT2D eigenvalue weighted by atomic mass is 10.2. The quantitative estimate of drug-likeness (QED) is 0.505. The number of anilines is 1. The van der Waals surface area contributed by atoms with Gasteiger partial charge in [0, 0.05) is 20.3 Å². The van der Waals surface area contributed by atoms with Gasteiger partial charge in [-0.25, -0.2) is 17.6 Å². The molecule has 102 valence electrons. The monoisotopic (exact) mass is 267 g/mol. The minimum Gasteiger partial charge on any atom is -0.373 e. The van der Waals surface area contributed by atoms with Crippen LogP contribution in [-0.2, 0) is 9.47 Å². The van der Waals surface area contributed by atoms with Crippen molar-refractivity contribution in [1.82, 2.24) is 0 Å². The normalized spacial score (nSPS) is 12.9. The average Bonchev–Trinajstić information content (AvgIpc) is 2.33. The second kappa shape index (κ2) is 6.01. The molecular weight excluding hydrogens is 254 g/mol. The summed E-state index contributed by atoms with van der Waals surface area (Å²) in [5, 5.41) is 2.28. The van der Waals surface area contributed by atoms with Crippen LogP contribution in [-0.4, -0.2) is 26.6 Å². The van der Waals surface area contributed by atoms with E-state index in [0.29, 0.717) is 0 Å². The highest BCUT2D eigenvalue weighted by molar-refractivity contribution is 5.48. The maximum Gasteiger partial charge on any atom is 0.185 e. The summed E-state index contributed by atoms with van der Waals surface area (Å²) in [4.78, 5) is 0. The fraction of sp³-hybridized carbons (Fsp3) is 0.455. The van der Waals surface area contributed by atoms with Crippen molar-refractivity contribution in [1.29, 1.82) is 0 Å². The fourth-order valence-electron chi connectivity index (χ4n) is 1.50. The largest absolute Gasteiger partial charge is 0.373 e. The van der Waals surface area contributed by atoms with Crippen LogP contribution in [0.5, 0.6) is 0 Å². The summed E-state index contributed by atoms with van der Waals surface area (Å²) in [5.41, 5.74) is -0.890. The Kier molecular flexibility index (Phi) is 4.92. The number of halogens is 4. The third-order valence-corrected chi connectivity index (χ3v) is 2.36. The van der Waals surface area contributed by atoms with E-state index in [0.717, 1.165) is 0 Å². The summed E-state index contributed by atoms with van der Waals surface area (Å²) in [5.74, 6) is -5.94. The van der Waals surface area contributed by atoms with Crippen molar-refractivity contribution in [2.75, 3.05) is 19.5 Å². The van der Waals surface area contributed by atoms with Crippen LogP contribution in [0.15, 0.2) is 6.07 Å². The first kappa shape index (κ1) is 14.7. The molecule has 18 heavy (non-hydrogen) atoms. The Morgan fingerprint density at radius 3 is 1.83 bits per heavy atom. The van der Waals surface area contributed by atoms with E-state index in [1.54, 1.807) is 0 Å². The first-order valence-corrected chi connectivity index (χ1v) is 5.07. The summed E-state index contributed by atoms with van der Waals surface area (Å²) < 4.78 is 62.3. The molecule has 1 unspecified atom stereocenters. The van der Waals surface area contributed by atoms with Crippen LogP contribution in [0.3, 0.4) is 0 Å². The first-order chi connectivity index (χ1) is 8.42. The van der Waals surface area contributed by atoms with Gasteiger partial charge in [-0.1, -0.05) is 0 Å². The maximum absolute atomic E-state index is 13.3. The Labute approximate surface area is 102 Å². The molecule has 0 spiro atoms. The van der Waals surface area contributed by atoms with Crippen LogP contribution in [0.4, 0.5) is 23.2 Å². The van der Waals surface area contributed by atoms with Gasteiger partial charge in [0.1, 0.15) is 5.69 Å². The SMILES string of the molecule is COC(OC)C(C)Nc1c(F)c(F)cc(F)c1F. The minimum absolute atomic E-state index is 0.143. The average molecular weight is 267 g/mol. The Bertz CT molecular complexity index is 398. The summed E-state index contributed by atoms with van der Waals surface area (Å²) in [6, 6.07) is -0.574. The number of nitrogens with one attached hydrogen (secondary N) is 1. The highest BCUT2D eigenvalue weighted by atomic mass is 19.2. The Morgan fingerprint density at radius 2 is 1.44 bits per heavy atom. The summed E-state index contributed by atoms with van der Waals surface area (Å²) in [7, 11) is 2.65. The molecule has 0 saturated carbocycles. The van der Waals surface area contributed by atoms with Gasteiger partial charge in [-0.2, -0.15) is 0 Å². The van der Waals surface area contributed by atoms with Gasteiger partial charge in [0.2, 0.25) is 0 Å². The number of rotatable bonds is 5. The molecule has 3 nitrogen and oxygen atoms in total. The lowest BCUT2D eigenvalue weighted by Crippen LogP contribution is -2.34. The Balaban J connectivity index is 3.04. The van der Waals surface area contributed by atoms with Gasteiger partial charge in [-0.15, -0.1) is 0 Å². The van der Waals surface area contributed by atoms with E-state index in [-0.39, 0.29) is 6.07 Å². The van der Waals surface area contributed by atoms with E-state index in [2.05, 4.69) is 5.32 Å². The molecule has 1 N–H and O–H groups in total. The van der Waals surface area contributed by atoms with Crippen LogP contribution < -0.4 is 5.32 Å². The summed E-state index contributed by atoms with van der Waals surface area (Å²) in [6.45, 7) is 1.49. The molecule has 1 atom stereocenters. The minimum atomic E-state index is -1.49. The van der Waals surface area contributed by atoms with Crippen LogP contribution in [0.2, 0.25) is 0 Å². The van der Waals surface area contributed by atoms with E-state index < -0.39 is 41.3 Å². The van der Waals surface area contributed by atoms with E-state index in [4.69, 9.17) is 9.47 Å². The Hall–Kier alpha value is -1.34. The van der Waals surface area contributed by atoms with Crippen molar-refractivity contribution >= 4 is 5.69 Å². The predicted molar refractivity (Wildman–Crippen MR) is 57.2 cm³/mol. The number of ether oxygens (including phenoxy) is 2. The second-order valence-electron chi connectivity index (χ2n) is 3.62. The summed E-state index contributed by atoms with van der Waals surface area (Å²) >= 11 is 0. The number of methoxy groups -OCH3 is 2. The molecule has 0 heterocycles. The second-order valence-corrected chi connectivity index (χ2v) is 3.62. The number of benzene rings is 1. The topological polar surface area (TPSA) is 30.5 Å². The van der Waals surface area contributed by atoms with Gasteiger partial charge in [-0.05, 0) is 6.92 Å². The highest BCUT2D eigenvalue weighted by Crippen LogP contribution is 2.25. The zero-order valence-electron chi connectivity index (χ0n) is 10.1. The van der Waals surface area contributed by atoms with Gasteiger partial charge in [0.15, 0.2) is 29.6 Å². The lowest BCUT2D eigenvalue weighted by Gasteiger charge is -2.23. The molecular formula is C11H13F4NO2. The summed E-state index contributed by atoms with van der Waals surface area (Å²) in [6.07, 6.45) is -0.824. The molecule has 0 aliphatic heterocycles. The third-order valence-electron chi connectivity index (χ3n) is 2.36. The van der Waals surface area contributed by atoms with Crippen LogP contribution in [0.25, 0.3) is 0 Å². The highest BCUT2D eigenvalue weighted by Gasteiger charge is 2.23. The molecule has 7 heteroatoms. The van der Waals surface area contributed by atoms with Gasteiger partial charge < -0.3 is 14.8 Å². The van der Waals surface area contributed by atoms with Crippen molar-refractivity contribution in [3.05, 3.63) is 29.3 Å². The van der Waals surface area contributed by atoms with Crippen molar-refractivity contribution in [2.45, 2.75) is 19.3 Å². The molecule has 0 radical (unpaired) electrons. The van der Waals surface area contributed by atoms with Gasteiger partial charge >= 0.3 is 0 Å². The van der Waals surface area contributed by atoms with E-state index >= 15 is 0 Å². The molecule has 0 saturated heterocycles. The molecule has 1 aromatic rings. The molecule has 0 bridgehead atoms. The van der Waals surface area contributed by atoms with E-state index in [9.17, 15) is 17.6 Å². The van der Waals surface area contributed by atoms with Gasteiger partial charge in [-0.3, -0.25) is 0 Å². The van der Waals surface area contributed by atoms with Gasteiger partial charge in [0.25, 0.3) is 0 Å².